The molecule has 1 heterocycles. The third kappa shape index (κ3) is 4.12. The highest BCUT2D eigenvalue weighted by atomic mass is 32.1. The molecule has 0 aliphatic carbocycles. The Kier molecular flexibility index (Phi) is 4.68. The van der Waals surface area contributed by atoms with Crippen LogP contribution in [0.2, 0.25) is 0 Å². The zero-order valence-electron chi connectivity index (χ0n) is 11.3. The molecule has 1 saturated heterocycles. The molecule has 6 heteroatoms. The van der Waals surface area contributed by atoms with Gasteiger partial charge in [-0.1, -0.05) is 6.07 Å². The zero-order valence-corrected chi connectivity index (χ0v) is 12.1. The molecule has 0 radical (unpaired) electrons. The Morgan fingerprint density at radius 2 is 2.05 bits per heavy atom. The van der Waals surface area contributed by atoms with E-state index in [4.69, 9.17) is 12.2 Å². The van der Waals surface area contributed by atoms with Gasteiger partial charge >= 0.3 is 0 Å². The Morgan fingerprint density at radius 1 is 1.37 bits per heavy atom. The first-order valence-electron chi connectivity index (χ1n) is 6.44. The predicted molar refractivity (Wildman–Crippen MR) is 78.7 cm³/mol. The average Bonchev–Trinajstić information content (AvgIpc) is 2.37. The highest BCUT2D eigenvalue weighted by Crippen LogP contribution is 2.13. The lowest BCUT2D eigenvalue weighted by molar-refractivity contribution is -0.884. The largest absolute Gasteiger partial charge is 0.335 e. The van der Waals surface area contributed by atoms with E-state index < -0.39 is 0 Å². The minimum atomic E-state index is -0.226. The van der Waals surface area contributed by atoms with Crippen LogP contribution in [-0.4, -0.2) is 43.3 Å². The minimum Gasteiger partial charge on any atom is -0.335 e. The highest BCUT2D eigenvalue weighted by molar-refractivity contribution is 7.80. The second kappa shape index (κ2) is 6.27. The molecule has 1 aromatic rings. The normalized spacial score (nSPS) is 17.2. The quantitative estimate of drug-likeness (QED) is 0.676. The van der Waals surface area contributed by atoms with Crippen molar-refractivity contribution in [3.63, 3.8) is 0 Å². The van der Waals surface area contributed by atoms with Crippen molar-refractivity contribution in [3.8, 4) is 0 Å². The van der Waals surface area contributed by atoms with Crippen LogP contribution < -0.4 is 15.6 Å². The number of hydrazine groups is 1. The van der Waals surface area contributed by atoms with Crippen LogP contribution in [-0.2, 0) is 0 Å². The standard InChI is InChI=1S/C13H19FN4S/c1-10-3-4-11(9-12(10)14)15-13(19)16-18-7-5-17(2)6-8-18/h3-4,9H,5-8H2,1-2H3,(H2,15,16,19)/p+1. The van der Waals surface area contributed by atoms with Crippen molar-refractivity contribution >= 4 is 23.0 Å². The maximum Gasteiger partial charge on any atom is 0.185 e. The molecule has 1 aliphatic rings. The summed E-state index contributed by atoms with van der Waals surface area (Å²) < 4.78 is 13.4. The number of hydrogen-bond donors (Lipinski definition) is 3. The molecule has 0 aromatic heterocycles. The van der Waals surface area contributed by atoms with E-state index in [2.05, 4.69) is 22.8 Å². The topological polar surface area (TPSA) is 31.7 Å². The van der Waals surface area contributed by atoms with Gasteiger partial charge in [-0.05, 0) is 36.8 Å². The number of halogens is 1. The van der Waals surface area contributed by atoms with Crippen LogP contribution in [0.15, 0.2) is 18.2 Å². The number of aryl methyl sites for hydroxylation is 1. The van der Waals surface area contributed by atoms with Gasteiger partial charge in [0, 0.05) is 5.69 Å². The van der Waals surface area contributed by atoms with E-state index in [0.29, 0.717) is 16.4 Å². The van der Waals surface area contributed by atoms with E-state index >= 15 is 0 Å². The molecule has 0 amide bonds. The third-order valence-corrected chi connectivity index (χ3v) is 3.50. The van der Waals surface area contributed by atoms with Gasteiger partial charge in [0.05, 0.1) is 33.2 Å². The van der Waals surface area contributed by atoms with E-state index in [-0.39, 0.29) is 5.82 Å². The molecule has 1 aliphatic heterocycles. The molecule has 0 unspecified atom stereocenters. The smallest absolute Gasteiger partial charge is 0.185 e. The van der Waals surface area contributed by atoms with Crippen LogP contribution >= 0.6 is 12.2 Å². The SMILES string of the molecule is Cc1ccc(NC(=S)NN2CC[NH+](C)CC2)cc1F. The summed E-state index contributed by atoms with van der Waals surface area (Å²) in [7, 11) is 2.18. The van der Waals surface area contributed by atoms with E-state index in [1.807, 2.05) is 6.07 Å². The maximum atomic E-state index is 13.4. The number of hydrogen-bond acceptors (Lipinski definition) is 2. The molecular formula is C13H20FN4S+. The summed E-state index contributed by atoms with van der Waals surface area (Å²) in [5.74, 6) is -0.226. The summed E-state index contributed by atoms with van der Waals surface area (Å²) >= 11 is 5.23. The van der Waals surface area contributed by atoms with Crippen molar-refractivity contribution in [1.82, 2.24) is 10.4 Å². The summed E-state index contributed by atoms with van der Waals surface area (Å²) in [5, 5.41) is 5.59. The van der Waals surface area contributed by atoms with Gasteiger partial charge in [-0.25, -0.2) is 9.40 Å². The predicted octanol–water partition coefficient (Wildman–Crippen LogP) is 0.166. The van der Waals surface area contributed by atoms with Crippen molar-refractivity contribution in [3.05, 3.63) is 29.6 Å². The van der Waals surface area contributed by atoms with Crippen LogP contribution in [0.1, 0.15) is 5.56 Å². The Bertz CT molecular complexity index is 458. The summed E-state index contributed by atoms with van der Waals surface area (Å²) in [6, 6.07) is 5.01. The fraction of sp³-hybridized carbons (Fsp3) is 0.462. The lowest BCUT2D eigenvalue weighted by atomic mass is 10.2. The number of quaternary nitrogens is 1. The first kappa shape index (κ1) is 14.2. The Balaban J connectivity index is 1.85. The van der Waals surface area contributed by atoms with Crippen molar-refractivity contribution in [2.24, 2.45) is 0 Å². The fourth-order valence-electron chi connectivity index (χ4n) is 1.97. The molecule has 4 nitrogen and oxygen atoms in total. The van der Waals surface area contributed by atoms with Crippen molar-refractivity contribution in [2.45, 2.75) is 6.92 Å². The molecule has 0 saturated carbocycles. The van der Waals surface area contributed by atoms with Crippen molar-refractivity contribution in [2.75, 3.05) is 38.5 Å². The maximum absolute atomic E-state index is 13.4. The van der Waals surface area contributed by atoms with Gasteiger partial charge < -0.3 is 10.2 Å². The molecule has 104 valence electrons. The number of benzene rings is 1. The number of piperazine rings is 1. The number of thiocarbonyl (C=S) groups is 1. The third-order valence-electron chi connectivity index (χ3n) is 3.31. The van der Waals surface area contributed by atoms with Crippen LogP contribution in [0.3, 0.4) is 0 Å². The monoisotopic (exact) mass is 283 g/mol. The zero-order chi connectivity index (χ0) is 13.8. The molecule has 0 atom stereocenters. The van der Waals surface area contributed by atoms with Crippen LogP contribution in [0.25, 0.3) is 0 Å². The van der Waals surface area contributed by atoms with Crippen molar-refractivity contribution in [1.29, 1.82) is 0 Å². The van der Waals surface area contributed by atoms with E-state index in [9.17, 15) is 4.39 Å². The van der Waals surface area contributed by atoms with Gasteiger partial charge in [-0.2, -0.15) is 0 Å². The average molecular weight is 283 g/mol. The first-order valence-corrected chi connectivity index (χ1v) is 6.85. The van der Waals surface area contributed by atoms with Crippen molar-refractivity contribution < 1.29 is 9.29 Å². The number of rotatable bonds is 2. The van der Waals surface area contributed by atoms with Gasteiger partial charge in [-0.15, -0.1) is 0 Å². The van der Waals surface area contributed by atoms with E-state index in [1.165, 1.54) is 11.0 Å². The second-order valence-electron chi connectivity index (χ2n) is 4.97. The van der Waals surface area contributed by atoms with Gasteiger partial charge in [0.1, 0.15) is 5.82 Å². The lowest BCUT2D eigenvalue weighted by Gasteiger charge is -2.31. The molecule has 3 N–H and O–H groups in total. The summed E-state index contributed by atoms with van der Waals surface area (Å²) in [6.45, 7) is 5.83. The molecule has 1 aromatic carbocycles. The number of nitrogens with one attached hydrogen (secondary N) is 3. The fourth-order valence-corrected chi connectivity index (χ4v) is 2.22. The second-order valence-corrected chi connectivity index (χ2v) is 5.38. The van der Waals surface area contributed by atoms with Gasteiger partial charge in [0.2, 0.25) is 0 Å². The van der Waals surface area contributed by atoms with Crippen LogP contribution in [0, 0.1) is 12.7 Å². The Labute approximate surface area is 118 Å². The lowest BCUT2D eigenvalue weighted by Crippen LogP contribution is -3.12. The van der Waals surface area contributed by atoms with E-state index in [0.717, 1.165) is 26.2 Å². The molecule has 2 rings (SSSR count). The minimum absolute atomic E-state index is 0.226. The number of likely N-dealkylation sites (N-methyl/N-ethyl adjacent to an activating group) is 1. The van der Waals surface area contributed by atoms with Gasteiger partial charge in [0.15, 0.2) is 5.11 Å². The van der Waals surface area contributed by atoms with Gasteiger partial charge in [-0.3, -0.25) is 5.43 Å². The number of nitrogens with zero attached hydrogens (tertiary/aromatic N) is 1. The Hall–Kier alpha value is -1.24. The molecule has 19 heavy (non-hydrogen) atoms. The van der Waals surface area contributed by atoms with Crippen LogP contribution in [0.5, 0.6) is 0 Å². The van der Waals surface area contributed by atoms with Gasteiger partial charge in [0.25, 0.3) is 0 Å². The highest BCUT2D eigenvalue weighted by Gasteiger charge is 2.16. The first-order chi connectivity index (χ1) is 9.04. The van der Waals surface area contributed by atoms with E-state index in [1.54, 1.807) is 13.0 Å². The number of anilines is 1. The Morgan fingerprint density at radius 3 is 2.68 bits per heavy atom. The summed E-state index contributed by atoms with van der Waals surface area (Å²) in [6.07, 6.45) is 0. The summed E-state index contributed by atoms with van der Waals surface area (Å²) in [5.41, 5.74) is 4.44. The summed E-state index contributed by atoms with van der Waals surface area (Å²) in [4.78, 5) is 1.53. The van der Waals surface area contributed by atoms with Crippen LogP contribution in [0.4, 0.5) is 10.1 Å². The molecule has 0 bridgehead atoms. The molecule has 0 spiro atoms. The molecular weight excluding hydrogens is 263 g/mol. The molecule has 1 fully saturated rings.